The lowest BCUT2D eigenvalue weighted by Gasteiger charge is -2.34. The highest BCUT2D eigenvalue weighted by Gasteiger charge is 2.40. The van der Waals surface area contributed by atoms with Gasteiger partial charge in [-0.1, -0.05) is 30.3 Å². The van der Waals surface area contributed by atoms with E-state index in [1.165, 1.54) is 21.7 Å². The molecule has 1 saturated carbocycles. The molecule has 1 nitrogen and oxygen atoms in total. The third-order valence-electron chi connectivity index (χ3n) is 3.56. The van der Waals surface area contributed by atoms with E-state index in [1.807, 2.05) is 6.07 Å². The summed E-state index contributed by atoms with van der Waals surface area (Å²) >= 11 is 1.77. The molecule has 0 N–H and O–H groups in total. The molecule has 1 fully saturated rings. The molecule has 0 aliphatic heterocycles. The Balaban J connectivity index is 1.97. The second kappa shape index (κ2) is 4.01. The zero-order chi connectivity index (χ0) is 11.7. The summed E-state index contributed by atoms with van der Waals surface area (Å²) in [7, 11) is 0. The Bertz CT molecular complexity index is 558. The molecule has 2 aromatic rings. The lowest BCUT2D eigenvalue weighted by Crippen LogP contribution is -2.31. The van der Waals surface area contributed by atoms with Gasteiger partial charge in [-0.25, -0.2) is 0 Å². The predicted molar refractivity (Wildman–Crippen MR) is 70.9 cm³/mol. The highest BCUT2D eigenvalue weighted by molar-refractivity contribution is 7.15. The van der Waals surface area contributed by atoms with E-state index < -0.39 is 0 Å². The standard InChI is InChI=1S/C15H13NS/c16-11-15(9-4-10-15)14-8-7-13(17-14)12-5-2-1-3-6-12/h1-3,5-8H,4,9-10H2. The van der Waals surface area contributed by atoms with Crippen LogP contribution >= 0.6 is 11.3 Å². The van der Waals surface area contributed by atoms with E-state index in [2.05, 4.69) is 42.5 Å². The van der Waals surface area contributed by atoms with Gasteiger partial charge in [-0.15, -0.1) is 11.3 Å². The number of rotatable bonds is 2. The van der Waals surface area contributed by atoms with Gasteiger partial charge >= 0.3 is 0 Å². The first-order chi connectivity index (χ1) is 8.34. The van der Waals surface area contributed by atoms with Crippen LogP contribution in [-0.2, 0) is 5.41 Å². The van der Waals surface area contributed by atoms with E-state index in [-0.39, 0.29) is 5.41 Å². The topological polar surface area (TPSA) is 23.8 Å². The van der Waals surface area contributed by atoms with Gasteiger partial charge in [0.15, 0.2) is 0 Å². The van der Waals surface area contributed by atoms with Crippen LogP contribution in [0.2, 0.25) is 0 Å². The van der Waals surface area contributed by atoms with Gasteiger partial charge in [0.2, 0.25) is 0 Å². The molecular formula is C15H13NS. The van der Waals surface area contributed by atoms with Gasteiger partial charge in [0, 0.05) is 9.75 Å². The number of nitrogens with zero attached hydrogens (tertiary/aromatic N) is 1. The van der Waals surface area contributed by atoms with E-state index >= 15 is 0 Å². The number of hydrogen-bond acceptors (Lipinski definition) is 2. The summed E-state index contributed by atoms with van der Waals surface area (Å²) in [5.74, 6) is 0. The molecule has 17 heavy (non-hydrogen) atoms. The van der Waals surface area contributed by atoms with Crippen molar-refractivity contribution in [2.24, 2.45) is 0 Å². The molecule has 2 heteroatoms. The number of nitriles is 1. The van der Waals surface area contributed by atoms with Crippen molar-refractivity contribution in [2.75, 3.05) is 0 Å². The summed E-state index contributed by atoms with van der Waals surface area (Å²) in [6, 6.07) is 17.2. The third kappa shape index (κ3) is 1.67. The molecule has 0 spiro atoms. The minimum absolute atomic E-state index is 0.169. The van der Waals surface area contributed by atoms with Crippen molar-refractivity contribution in [3.63, 3.8) is 0 Å². The molecule has 0 radical (unpaired) electrons. The van der Waals surface area contributed by atoms with Crippen LogP contribution in [0.1, 0.15) is 24.1 Å². The van der Waals surface area contributed by atoms with Crippen molar-refractivity contribution in [1.29, 1.82) is 5.26 Å². The second-order valence-electron chi connectivity index (χ2n) is 4.58. The average molecular weight is 239 g/mol. The zero-order valence-corrected chi connectivity index (χ0v) is 10.3. The molecule has 0 saturated heterocycles. The van der Waals surface area contributed by atoms with Gasteiger partial charge in [0.25, 0.3) is 0 Å². The zero-order valence-electron chi connectivity index (χ0n) is 9.52. The molecule has 3 rings (SSSR count). The van der Waals surface area contributed by atoms with Crippen LogP contribution in [0.5, 0.6) is 0 Å². The maximum atomic E-state index is 9.33. The smallest absolute Gasteiger partial charge is 0.0914 e. The Morgan fingerprint density at radius 2 is 1.82 bits per heavy atom. The lowest BCUT2D eigenvalue weighted by atomic mass is 9.69. The summed E-state index contributed by atoms with van der Waals surface area (Å²) < 4.78 is 0. The third-order valence-corrected chi connectivity index (χ3v) is 4.90. The summed E-state index contributed by atoms with van der Waals surface area (Å²) in [5.41, 5.74) is 1.08. The van der Waals surface area contributed by atoms with Crippen molar-refractivity contribution in [3.8, 4) is 16.5 Å². The number of thiophene rings is 1. The van der Waals surface area contributed by atoms with Crippen LogP contribution < -0.4 is 0 Å². The highest BCUT2D eigenvalue weighted by atomic mass is 32.1. The van der Waals surface area contributed by atoms with E-state index in [1.54, 1.807) is 11.3 Å². The van der Waals surface area contributed by atoms with Crippen molar-refractivity contribution in [3.05, 3.63) is 47.3 Å². The average Bonchev–Trinajstić information content (AvgIpc) is 2.80. The summed E-state index contributed by atoms with van der Waals surface area (Å²) in [4.78, 5) is 2.51. The van der Waals surface area contributed by atoms with E-state index in [9.17, 15) is 5.26 Å². The number of benzene rings is 1. The van der Waals surface area contributed by atoms with Crippen molar-refractivity contribution in [1.82, 2.24) is 0 Å². The maximum absolute atomic E-state index is 9.33. The van der Waals surface area contributed by atoms with Gasteiger partial charge in [-0.3, -0.25) is 0 Å². The Hall–Kier alpha value is -1.59. The van der Waals surface area contributed by atoms with Gasteiger partial charge in [-0.05, 0) is 37.0 Å². The minimum Gasteiger partial charge on any atom is -0.197 e. The summed E-state index contributed by atoms with van der Waals surface area (Å²) in [6.45, 7) is 0. The minimum atomic E-state index is -0.169. The van der Waals surface area contributed by atoms with Crippen LogP contribution in [0.25, 0.3) is 10.4 Å². The second-order valence-corrected chi connectivity index (χ2v) is 5.66. The summed E-state index contributed by atoms with van der Waals surface area (Å²) in [6.07, 6.45) is 3.24. The fraction of sp³-hybridized carbons (Fsp3) is 0.267. The first-order valence-corrected chi connectivity index (χ1v) is 6.73. The van der Waals surface area contributed by atoms with E-state index in [0.29, 0.717) is 0 Å². The van der Waals surface area contributed by atoms with Gasteiger partial charge in [-0.2, -0.15) is 5.26 Å². The highest BCUT2D eigenvalue weighted by Crippen LogP contribution is 2.47. The van der Waals surface area contributed by atoms with Crippen molar-refractivity contribution >= 4 is 11.3 Å². The predicted octanol–water partition coefficient (Wildman–Crippen LogP) is 4.36. The Kier molecular flexibility index (Phi) is 2.49. The van der Waals surface area contributed by atoms with E-state index in [4.69, 9.17) is 0 Å². The molecule has 1 aliphatic carbocycles. The first-order valence-electron chi connectivity index (χ1n) is 5.91. The normalized spacial score (nSPS) is 17.1. The lowest BCUT2D eigenvalue weighted by molar-refractivity contribution is 0.330. The molecule has 0 amide bonds. The van der Waals surface area contributed by atoms with Crippen LogP contribution in [0.3, 0.4) is 0 Å². The molecule has 84 valence electrons. The Morgan fingerprint density at radius 3 is 2.41 bits per heavy atom. The van der Waals surface area contributed by atoms with Gasteiger partial charge in [0.05, 0.1) is 11.5 Å². The van der Waals surface area contributed by atoms with Crippen LogP contribution in [0, 0.1) is 11.3 Å². The van der Waals surface area contributed by atoms with Gasteiger partial charge < -0.3 is 0 Å². The van der Waals surface area contributed by atoms with Crippen LogP contribution in [0.4, 0.5) is 0 Å². The quantitative estimate of drug-likeness (QED) is 0.763. The Morgan fingerprint density at radius 1 is 1.06 bits per heavy atom. The van der Waals surface area contributed by atoms with E-state index in [0.717, 1.165) is 12.8 Å². The molecule has 0 bridgehead atoms. The SMILES string of the molecule is N#CC1(c2ccc(-c3ccccc3)s2)CCC1. The molecule has 1 aliphatic rings. The first kappa shape index (κ1) is 10.6. The summed E-state index contributed by atoms with van der Waals surface area (Å²) in [5, 5.41) is 9.33. The van der Waals surface area contributed by atoms with Crippen LogP contribution in [0.15, 0.2) is 42.5 Å². The molecule has 1 aromatic carbocycles. The number of hydrogen-bond donors (Lipinski definition) is 0. The fourth-order valence-electron chi connectivity index (χ4n) is 2.30. The van der Waals surface area contributed by atoms with Crippen molar-refractivity contribution < 1.29 is 0 Å². The fourth-order valence-corrected chi connectivity index (χ4v) is 3.50. The Labute approximate surface area is 105 Å². The van der Waals surface area contributed by atoms with Gasteiger partial charge in [0.1, 0.15) is 0 Å². The largest absolute Gasteiger partial charge is 0.197 e. The monoisotopic (exact) mass is 239 g/mol. The van der Waals surface area contributed by atoms with Crippen molar-refractivity contribution in [2.45, 2.75) is 24.7 Å². The molecular weight excluding hydrogens is 226 g/mol. The maximum Gasteiger partial charge on any atom is 0.0914 e. The molecule has 0 atom stereocenters. The molecule has 1 heterocycles. The molecule has 0 unspecified atom stereocenters. The molecule has 1 aromatic heterocycles. The van der Waals surface area contributed by atoms with Crippen LogP contribution in [-0.4, -0.2) is 0 Å².